The molecule has 9 heavy (non-hydrogen) atoms. The lowest BCUT2D eigenvalue weighted by Gasteiger charge is -2.08. The van der Waals surface area contributed by atoms with Gasteiger partial charge in [-0.1, -0.05) is 0 Å². The maximum absolute atomic E-state index is 10.0. The quantitative estimate of drug-likeness (QED) is 0.495. The molecule has 0 radical (unpaired) electrons. The molecule has 0 aromatic heterocycles. The van der Waals surface area contributed by atoms with Crippen molar-refractivity contribution in [2.75, 3.05) is 20.6 Å². The molecule has 1 unspecified atom stereocenters. The molecule has 0 aliphatic rings. The van der Waals surface area contributed by atoms with Crippen LogP contribution in [0.4, 0.5) is 0 Å². The average Bonchev–Trinajstić information content (AvgIpc) is 1.82. The van der Waals surface area contributed by atoms with E-state index in [-0.39, 0.29) is 0 Å². The Bertz CT molecular complexity index is 126. The lowest BCUT2D eigenvalue weighted by molar-refractivity contribution is -0.110. The Labute approximate surface area is 54.9 Å². The highest BCUT2D eigenvalue weighted by atomic mass is 16.1. The molecule has 0 aromatic rings. The fourth-order valence-corrected chi connectivity index (χ4v) is 0.508. The van der Waals surface area contributed by atoms with Crippen molar-refractivity contribution < 1.29 is 4.79 Å². The lowest BCUT2D eigenvalue weighted by atomic mass is 10.2. The van der Waals surface area contributed by atoms with Crippen LogP contribution in [-0.2, 0) is 4.79 Å². The normalized spacial score (nSPS) is 12.7. The van der Waals surface area contributed by atoms with Gasteiger partial charge in [0.05, 0.1) is 6.07 Å². The highest BCUT2D eigenvalue weighted by molar-refractivity contribution is 5.57. The number of rotatable bonds is 3. The van der Waals surface area contributed by atoms with Gasteiger partial charge < -0.3 is 9.69 Å². The minimum Gasteiger partial charge on any atom is -0.308 e. The number of hydrogen-bond acceptors (Lipinski definition) is 3. The summed E-state index contributed by atoms with van der Waals surface area (Å²) in [6.45, 7) is 0.514. The molecule has 0 heterocycles. The number of nitrogens with zero attached hydrogens (tertiary/aromatic N) is 2. The molecule has 0 amide bonds. The Morgan fingerprint density at radius 2 is 2.33 bits per heavy atom. The Morgan fingerprint density at radius 3 is 2.44 bits per heavy atom. The minimum absolute atomic E-state index is 0.472. The topological polar surface area (TPSA) is 44.1 Å². The van der Waals surface area contributed by atoms with Gasteiger partial charge in [-0.05, 0) is 14.1 Å². The van der Waals surface area contributed by atoms with Gasteiger partial charge in [-0.25, -0.2) is 0 Å². The van der Waals surface area contributed by atoms with E-state index in [0.717, 1.165) is 0 Å². The number of carbonyl (C=O) groups is 1. The smallest absolute Gasteiger partial charge is 0.138 e. The molecule has 0 rings (SSSR count). The summed E-state index contributed by atoms with van der Waals surface area (Å²) in [6, 6.07) is 1.87. The van der Waals surface area contributed by atoms with Crippen LogP contribution in [0.1, 0.15) is 0 Å². The SMILES string of the molecule is CN(C)CC(C#N)C=O. The summed E-state index contributed by atoms with van der Waals surface area (Å²) in [5, 5.41) is 8.27. The average molecular weight is 126 g/mol. The molecular weight excluding hydrogens is 116 g/mol. The van der Waals surface area contributed by atoms with E-state index in [1.807, 2.05) is 25.1 Å². The Balaban J connectivity index is 3.59. The molecule has 3 heteroatoms. The van der Waals surface area contributed by atoms with E-state index in [1.165, 1.54) is 0 Å². The molecule has 0 N–H and O–H groups in total. The maximum atomic E-state index is 10.0. The zero-order chi connectivity index (χ0) is 7.28. The van der Waals surface area contributed by atoms with E-state index in [2.05, 4.69) is 0 Å². The van der Waals surface area contributed by atoms with Crippen molar-refractivity contribution >= 4 is 6.29 Å². The molecule has 0 spiro atoms. The van der Waals surface area contributed by atoms with Crippen molar-refractivity contribution in [3.8, 4) is 6.07 Å². The first-order chi connectivity index (χ1) is 4.20. The molecule has 0 saturated heterocycles. The second-order valence-corrected chi connectivity index (χ2v) is 2.13. The third-order valence-electron chi connectivity index (χ3n) is 0.892. The molecule has 0 aliphatic carbocycles. The van der Waals surface area contributed by atoms with E-state index in [9.17, 15) is 4.79 Å². The summed E-state index contributed by atoms with van der Waals surface area (Å²) in [5.74, 6) is -0.472. The van der Waals surface area contributed by atoms with E-state index in [1.54, 1.807) is 0 Å². The number of carbonyl (C=O) groups excluding carboxylic acids is 1. The predicted octanol–water partition coefficient (Wildman–Crippen LogP) is -0.113. The molecule has 0 aliphatic heterocycles. The van der Waals surface area contributed by atoms with E-state index >= 15 is 0 Å². The molecule has 0 saturated carbocycles. The van der Waals surface area contributed by atoms with Crippen molar-refractivity contribution in [3.63, 3.8) is 0 Å². The number of aldehydes is 1. The van der Waals surface area contributed by atoms with Gasteiger partial charge in [-0.3, -0.25) is 0 Å². The van der Waals surface area contributed by atoms with Gasteiger partial charge in [0.1, 0.15) is 12.2 Å². The molecular formula is C6H10N2O. The Kier molecular flexibility index (Phi) is 3.65. The van der Waals surface area contributed by atoms with Gasteiger partial charge in [0.25, 0.3) is 0 Å². The Morgan fingerprint density at radius 1 is 1.78 bits per heavy atom. The third kappa shape index (κ3) is 3.68. The van der Waals surface area contributed by atoms with Crippen LogP contribution >= 0.6 is 0 Å². The van der Waals surface area contributed by atoms with Crippen molar-refractivity contribution in [1.82, 2.24) is 4.90 Å². The minimum atomic E-state index is -0.472. The maximum Gasteiger partial charge on any atom is 0.138 e. The highest BCUT2D eigenvalue weighted by Gasteiger charge is 2.04. The fourth-order valence-electron chi connectivity index (χ4n) is 0.508. The van der Waals surface area contributed by atoms with Crippen LogP contribution in [0.3, 0.4) is 0 Å². The monoisotopic (exact) mass is 126 g/mol. The zero-order valence-corrected chi connectivity index (χ0v) is 5.66. The Hall–Kier alpha value is -0.880. The van der Waals surface area contributed by atoms with Gasteiger partial charge in [0, 0.05) is 6.54 Å². The lowest BCUT2D eigenvalue weighted by Crippen LogP contribution is -2.21. The predicted molar refractivity (Wildman–Crippen MR) is 33.7 cm³/mol. The molecule has 0 aromatic carbocycles. The van der Waals surface area contributed by atoms with Crippen molar-refractivity contribution in [3.05, 3.63) is 0 Å². The molecule has 3 nitrogen and oxygen atoms in total. The zero-order valence-electron chi connectivity index (χ0n) is 5.66. The van der Waals surface area contributed by atoms with Gasteiger partial charge in [0.15, 0.2) is 0 Å². The van der Waals surface area contributed by atoms with Crippen LogP contribution in [0, 0.1) is 17.2 Å². The standard InChI is InChI=1S/C6H10N2O/c1-8(2)4-6(3-7)5-9/h5-6H,4H2,1-2H3. The second kappa shape index (κ2) is 4.04. The van der Waals surface area contributed by atoms with E-state index in [0.29, 0.717) is 12.8 Å². The third-order valence-corrected chi connectivity index (χ3v) is 0.892. The molecule has 0 fully saturated rings. The van der Waals surface area contributed by atoms with Crippen LogP contribution in [0.25, 0.3) is 0 Å². The van der Waals surface area contributed by atoms with Gasteiger partial charge in [-0.15, -0.1) is 0 Å². The van der Waals surface area contributed by atoms with Gasteiger partial charge in [-0.2, -0.15) is 5.26 Å². The number of hydrogen-bond donors (Lipinski definition) is 0. The van der Waals surface area contributed by atoms with Crippen LogP contribution < -0.4 is 0 Å². The summed E-state index contributed by atoms with van der Waals surface area (Å²) >= 11 is 0. The van der Waals surface area contributed by atoms with Crippen molar-refractivity contribution in [2.24, 2.45) is 5.92 Å². The first kappa shape index (κ1) is 8.12. The molecule has 50 valence electrons. The fraction of sp³-hybridized carbons (Fsp3) is 0.667. The first-order valence-electron chi connectivity index (χ1n) is 2.70. The van der Waals surface area contributed by atoms with Crippen molar-refractivity contribution in [1.29, 1.82) is 5.26 Å². The van der Waals surface area contributed by atoms with Crippen LogP contribution in [-0.4, -0.2) is 31.8 Å². The summed E-state index contributed by atoms with van der Waals surface area (Å²) in [6.07, 6.45) is 0.667. The summed E-state index contributed by atoms with van der Waals surface area (Å²) < 4.78 is 0. The van der Waals surface area contributed by atoms with E-state index in [4.69, 9.17) is 5.26 Å². The van der Waals surface area contributed by atoms with Crippen LogP contribution in [0.2, 0.25) is 0 Å². The first-order valence-corrected chi connectivity index (χ1v) is 2.70. The molecule has 1 atom stereocenters. The van der Waals surface area contributed by atoms with Crippen LogP contribution in [0.5, 0.6) is 0 Å². The van der Waals surface area contributed by atoms with Crippen LogP contribution in [0.15, 0.2) is 0 Å². The van der Waals surface area contributed by atoms with Gasteiger partial charge in [0.2, 0.25) is 0 Å². The van der Waals surface area contributed by atoms with Crippen molar-refractivity contribution in [2.45, 2.75) is 0 Å². The number of nitriles is 1. The summed E-state index contributed by atoms with van der Waals surface area (Å²) in [4.78, 5) is 11.8. The summed E-state index contributed by atoms with van der Waals surface area (Å²) in [5.41, 5.74) is 0. The van der Waals surface area contributed by atoms with E-state index < -0.39 is 5.92 Å². The largest absolute Gasteiger partial charge is 0.308 e. The van der Waals surface area contributed by atoms with Gasteiger partial charge >= 0.3 is 0 Å². The highest BCUT2D eigenvalue weighted by Crippen LogP contribution is 1.89. The second-order valence-electron chi connectivity index (χ2n) is 2.13. The summed E-state index contributed by atoms with van der Waals surface area (Å²) in [7, 11) is 3.65. The molecule has 0 bridgehead atoms.